The number of benzene rings is 1. The standard InChI is InChI=1S/C11H9NO/c1-2-10-8-5-3-4-6-9(8)11(7-13)12-10/h2-7H,1H3/b10-2-. The van der Waals surface area contributed by atoms with Crippen LogP contribution in [0.15, 0.2) is 35.3 Å². The Bertz CT molecular complexity index is 416. The molecule has 0 saturated heterocycles. The van der Waals surface area contributed by atoms with Gasteiger partial charge in [-0.05, 0) is 6.92 Å². The molecule has 0 bridgehead atoms. The molecule has 0 radical (unpaired) electrons. The summed E-state index contributed by atoms with van der Waals surface area (Å²) < 4.78 is 0. The molecular formula is C11H9NO. The average Bonchev–Trinajstić information content (AvgIpc) is 2.56. The van der Waals surface area contributed by atoms with Crippen molar-refractivity contribution in [1.82, 2.24) is 0 Å². The first-order valence-corrected chi connectivity index (χ1v) is 4.16. The Morgan fingerprint density at radius 3 is 2.54 bits per heavy atom. The zero-order chi connectivity index (χ0) is 9.26. The van der Waals surface area contributed by atoms with Crippen LogP contribution in [-0.4, -0.2) is 12.0 Å². The summed E-state index contributed by atoms with van der Waals surface area (Å²) in [5, 5.41) is 0. The molecule has 0 aliphatic carbocycles. The number of aliphatic imine (C=N–C) groups is 1. The van der Waals surface area contributed by atoms with E-state index in [0.29, 0.717) is 5.71 Å². The fraction of sp³-hybridized carbons (Fsp3) is 0.0909. The molecule has 64 valence electrons. The van der Waals surface area contributed by atoms with Crippen molar-refractivity contribution in [3.63, 3.8) is 0 Å². The second kappa shape index (κ2) is 2.98. The van der Waals surface area contributed by atoms with E-state index in [-0.39, 0.29) is 0 Å². The minimum atomic E-state index is 0.531. The lowest BCUT2D eigenvalue weighted by atomic mass is 10.1. The SMILES string of the molecule is C/C=C1\N=C(C=O)c2ccccc21. The number of fused-ring (bicyclic) bond motifs is 1. The van der Waals surface area contributed by atoms with Crippen LogP contribution in [0.4, 0.5) is 0 Å². The lowest BCUT2D eigenvalue weighted by Gasteiger charge is -1.96. The highest BCUT2D eigenvalue weighted by atomic mass is 16.1. The normalized spacial score (nSPS) is 17.0. The van der Waals surface area contributed by atoms with Gasteiger partial charge in [0.25, 0.3) is 0 Å². The van der Waals surface area contributed by atoms with Crippen molar-refractivity contribution in [2.75, 3.05) is 0 Å². The summed E-state index contributed by atoms with van der Waals surface area (Å²) >= 11 is 0. The third-order valence-corrected chi connectivity index (χ3v) is 2.10. The minimum Gasteiger partial charge on any atom is -0.296 e. The van der Waals surface area contributed by atoms with Crippen LogP contribution in [-0.2, 0) is 4.79 Å². The summed E-state index contributed by atoms with van der Waals surface area (Å²) in [5.74, 6) is 0. The number of carbonyl (C=O) groups excluding carboxylic acids is 1. The molecule has 1 aromatic carbocycles. The van der Waals surface area contributed by atoms with Gasteiger partial charge in [-0.3, -0.25) is 4.79 Å². The molecule has 0 N–H and O–H groups in total. The lowest BCUT2D eigenvalue weighted by Crippen LogP contribution is -1.97. The molecule has 2 heteroatoms. The Labute approximate surface area is 76.6 Å². The largest absolute Gasteiger partial charge is 0.296 e. The summed E-state index contributed by atoms with van der Waals surface area (Å²) in [7, 11) is 0. The maximum absolute atomic E-state index is 10.7. The van der Waals surface area contributed by atoms with Gasteiger partial charge in [0.05, 0.1) is 5.70 Å². The highest BCUT2D eigenvalue weighted by Crippen LogP contribution is 2.27. The third-order valence-electron chi connectivity index (χ3n) is 2.10. The molecule has 0 amide bonds. The van der Waals surface area contributed by atoms with Crippen LogP contribution >= 0.6 is 0 Å². The van der Waals surface area contributed by atoms with Crippen molar-refractivity contribution < 1.29 is 4.79 Å². The molecule has 0 saturated carbocycles. The van der Waals surface area contributed by atoms with Gasteiger partial charge in [-0.1, -0.05) is 30.3 Å². The first-order valence-electron chi connectivity index (χ1n) is 4.16. The smallest absolute Gasteiger partial charge is 0.169 e. The van der Waals surface area contributed by atoms with Crippen molar-refractivity contribution in [1.29, 1.82) is 0 Å². The van der Waals surface area contributed by atoms with Crippen LogP contribution in [0, 0.1) is 0 Å². The number of rotatable bonds is 1. The molecule has 1 aliphatic heterocycles. The van der Waals surface area contributed by atoms with E-state index in [4.69, 9.17) is 0 Å². The molecule has 2 nitrogen and oxygen atoms in total. The van der Waals surface area contributed by atoms with Gasteiger partial charge in [0.1, 0.15) is 5.71 Å². The Hall–Kier alpha value is -1.70. The summed E-state index contributed by atoms with van der Waals surface area (Å²) in [6.45, 7) is 1.92. The first-order chi connectivity index (χ1) is 6.36. The summed E-state index contributed by atoms with van der Waals surface area (Å²) in [5.41, 5.74) is 3.40. The molecule has 1 aromatic rings. The van der Waals surface area contributed by atoms with Crippen LogP contribution in [0.25, 0.3) is 5.70 Å². The molecule has 13 heavy (non-hydrogen) atoms. The first kappa shape index (κ1) is 7.92. The summed E-state index contributed by atoms with van der Waals surface area (Å²) in [6.07, 6.45) is 2.71. The fourth-order valence-corrected chi connectivity index (χ4v) is 1.49. The average molecular weight is 171 g/mol. The van der Waals surface area contributed by atoms with Gasteiger partial charge in [0, 0.05) is 11.1 Å². The predicted octanol–water partition coefficient (Wildman–Crippen LogP) is 2.05. The Kier molecular flexibility index (Phi) is 1.81. The number of hydrogen-bond donors (Lipinski definition) is 0. The molecule has 0 spiro atoms. The van der Waals surface area contributed by atoms with E-state index < -0.39 is 0 Å². The van der Waals surface area contributed by atoms with Crippen LogP contribution in [0.5, 0.6) is 0 Å². The van der Waals surface area contributed by atoms with Gasteiger partial charge < -0.3 is 0 Å². The van der Waals surface area contributed by atoms with E-state index in [0.717, 1.165) is 23.1 Å². The molecule has 2 rings (SSSR count). The second-order valence-corrected chi connectivity index (χ2v) is 2.83. The number of nitrogens with zero attached hydrogens (tertiary/aromatic N) is 1. The molecule has 1 aliphatic rings. The van der Waals surface area contributed by atoms with Crippen molar-refractivity contribution in [2.45, 2.75) is 6.92 Å². The number of hydrogen-bond acceptors (Lipinski definition) is 2. The Balaban J connectivity index is 2.67. The maximum Gasteiger partial charge on any atom is 0.169 e. The van der Waals surface area contributed by atoms with Crippen molar-refractivity contribution in [2.24, 2.45) is 4.99 Å². The zero-order valence-corrected chi connectivity index (χ0v) is 7.32. The highest BCUT2D eigenvalue weighted by molar-refractivity contribution is 6.40. The fourth-order valence-electron chi connectivity index (χ4n) is 1.49. The number of allylic oxidation sites excluding steroid dienone is 1. The van der Waals surface area contributed by atoms with E-state index in [1.54, 1.807) is 0 Å². The predicted molar refractivity (Wildman–Crippen MR) is 52.7 cm³/mol. The Morgan fingerprint density at radius 1 is 1.23 bits per heavy atom. The van der Waals surface area contributed by atoms with Gasteiger partial charge in [-0.2, -0.15) is 0 Å². The highest BCUT2D eigenvalue weighted by Gasteiger charge is 2.17. The van der Waals surface area contributed by atoms with Crippen molar-refractivity contribution in [3.05, 3.63) is 41.5 Å². The van der Waals surface area contributed by atoms with Gasteiger partial charge in [-0.25, -0.2) is 4.99 Å². The summed E-state index contributed by atoms with van der Waals surface area (Å²) in [4.78, 5) is 14.9. The van der Waals surface area contributed by atoms with Crippen LogP contribution in [0.1, 0.15) is 18.1 Å². The van der Waals surface area contributed by atoms with Crippen LogP contribution < -0.4 is 0 Å². The molecular weight excluding hydrogens is 162 g/mol. The number of carbonyl (C=O) groups is 1. The number of aldehydes is 1. The van der Waals surface area contributed by atoms with Gasteiger partial charge in [0.15, 0.2) is 6.29 Å². The molecule has 0 atom stereocenters. The topological polar surface area (TPSA) is 29.4 Å². The second-order valence-electron chi connectivity index (χ2n) is 2.83. The monoisotopic (exact) mass is 171 g/mol. The maximum atomic E-state index is 10.7. The van der Waals surface area contributed by atoms with Crippen LogP contribution in [0.2, 0.25) is 0 Å². The third kappa shape index (κ3) is 1.11. The summed E-state index contributed by atoms with van der Waals surface area (Å²) in [6, 6.07) is 7.76. The van der Waals surface area contributed by atoms with E-state index in [9.17, 15) is 4.79 Å². The van der Waals surface area contributed by atoms with Crippen molar-refractivity contribution in [3.8, 4) is 0 Å². The molecule has 0 fully saturated rings. The van der Waals surface area contributed by atoms with E-state index in [2.05, 4.69) is 4.99 Å². The quantitative estimate of drug-likeness (QED) is 0.594. The zero-order valence-electron chi connectivity index (χ0n) is 7.32. The Morgan fingerprint density at radius 2 is 1.92 bits per heavy atom. The van der Waals surface area contributed by atoms with Crippen LogP contribution in [0.3, 0.4) is 0 Å². The van der Waals surface area contributed by atoms with Crippen molar-refractivity contribution >= 4 is 17.7 Å². The van der Waals surface area contributed by atoms with Gasteiger partial charge in [0.2, 0.25) is 0 Å². The van der Waals surface area contributed by atoms with E-state index >= 15 is 0 Å². The molecule has 1 heterocycles. The molecule has 0 aromatic heterocycles. The lowest BCUT2D eigenvalue weighted by molar-refractivity contribution is -0.102. The minimum absolute atomic E-state index is 0.531. The van der Waals surface area contributed by atoms with Gasteiger partial charge in [-0.15, -0.1) is 0 Å². The molecule has 0 unspecified atom stereocenters. The van der Waals surface area contributed by atoms with Gasteiger partial charge >= 0.3 is 0 Å². The van der Waals surface area contributed by atoms with E-state index in [1.165, 1.54) is 0 Å². The van der Waals surface area contributed by atoms with E-state index in [1.807, 2.05) is 37.3 Å².